The third-order valence-corrected chi connectivity index (χ3v) is 8.10. The maximum atomic E-state index is 6.43. The van der Waals surface area contributed by atoms with Crippen molar-refractivity contribution in [2.24, 2.45) is 0 Å². The average molecular weight is 547 g/mol. The lowest BCUT2D eigenvalue weighted by atomic mass is 10.1. The van der Waals surface area contributed by atoms with Gasteiger partial charge in [0, 0.05) is 25.9 Å². The van der Waals surface area contributed by atoms with Gasteiger partial charge in [-0.2, -0.15) is 0 Å². The molecule has 0 aromatic heterocycles. The van der Waals surface area contributed by atoms with Crippen molar-refractivity contribution < 1.29 is 14.2 Å². The van der Waals surface area contributed by atoms with Crippen LogP contribution in [-0.2, 0) is 4.74 Å². The Morgan fingerprint density at radius 3 is 1.23 bits per heavy atom. The van der Waals surface area contributed by atoms with Gasteiger partial charge in [0.25, 0.3) is 0 Å². The molecule has 39 heavy (non-hydrogen) atoms. The zero-order chi connectivity index (χ0) is 28.0. The molecule has 2 bridgehead atoms. The Morgan fingerprint density at radius 1 is 0.538 bits per heavy atom. The van der Waals surface area contributed by atoms with E-state index in [9.17, 15) is 0 Å². The molecule has 1 aromatic carbocycles. The Bertz CT molecular complexity index is 627. The Hall–Kier alpha value is -1.30. The van der Waals surface area contributed by atoms with Gasteiger partial charge in [0.05, 0.1) is 13.2 Å². The molecule has 0 spiro atoms. The smallest absolute Gasteiger partial charge is 0.154 e. The van der Waals surface area contributed by atoms with E-state index in [4.69, 9.17) is 14.2 Å². The summed E-state index contributed by atoms with van der Waals surface area (Å²) in [4.78, 5) is 4.73. The van der Waals surface area contributed by atoms with Gasteiger partial charge in [-0.1, -0.05) is 104 Å². The SMILES string of the molecule is CCCCCCCCCCN(C)C1CCOCCC(N(C)CCCCCCCCCC)Oc2ccc(cc2)O1. The van der Waals surface area contributed by atoms with Crippen molar-refractivity contribution in [3.63, 3.8) is 0 Å². The number of ether oxygens (including phenoxy) is 3. The predicted octanol–water partition coefficient (Wildman–Crippen LogP) is 9.05. The number of hydrogen-bond donors (Lipinski definition) is 0. The van der Waals surface area contributed by atoms with Crippen molar-refractivity contribution in [1.29, 1.82) is 0 Å². The fraction of sp³-hybridized carbons (Fsp3) is 0.824. The maximum Gasteiger partial charge on any atom is 0.154 e. The van der Waals surface area contributed by atoms with Crippen molar-refractivity contribution in [3.05, 3.63) is 24.3 Å². The highest BCUT2D eigenvalue weighted by molar-refractivity contribution is 5.31. The molecule has 5 nitrogen and oxygen atoms in total. The molecule has 3 rings (SSSR count). The highest BCUT2D eigenvalue weighted by Crippen LogP contribution is 2.23. The first-order chi connectivity index (χ1) is 19.1. The van der Waals surface area contributed by atoms with E-state index in [-0.39, 0.29) is 12.5 Å². The third-order valence-electron chi connectivity index (χ3n) is 8.10. The predicted molar refractivity (Wildman–Crippen MR) is 166 cm³/mol. The second-order valence-corrected chi connectivity index (χ2v) is 11.7. The van der Waals surface area contributed by atoms with Crippen molar-refractivity contribution in [3.8, 4) is 11.5 Å². The first-order valence-corrected chi connectivity index (χ1v) is 16.6. The molecule has 0 saturated heterocycles. The second kappa shape index (κ2) is 22.4. The minimum Gasteiger partial charge on any atom is -0.475 e. The van der Waals surface area contributed by atoms with E-state index in [0.29, 0.717) is 13.2 Å². The minimum absolute atomic E-state index is 0.0301. The van der Waals surface area contributed by atoms with Gasteiger partial charge in [-0.15, -0.1) is 0 Å². The van der Waals surface area contributed by atoms with Gasteiger partial charge in [0.2, 0.25) is 0 Å². The molecule has 0 radical (unpaired) electrons. The van der Waals surface area contributed by atoms with Crippen LogP contribution in [0.3, 0.4) is 0 Å². The van der Waals surface area contributed by atoms with Gasteiger partial charge < -0.3 is 14.2 Å². The fourth-order valence-corrected chi connectivity index (χ4v) is 5.40. The quantitative estimate of drug-likeness (QED) is 0.152. The molecule has 0 fully saturated rings. The molecular weight excluding hydrogens is 484 g/mol. The monoisotopic (exact) mass is 546 g/mol. The highest BCUT2D eigenvalue weighted by Gasteiger charge is 2.20. The number of benzene rings is 1. The van der Waals surface area contributed by atoms with Gasteiger partial charge in [0.15, 0.2) is 12.5 Å². The number of nitrogens with zero attached hydrogens (tertiary/aromatic N) is 2. The molecular formula is C34H62N2O3. The Labute approximate surface area is 242 Å². The summed E-state index contributed by atoms with van der Waals surface area (Å²) in [5.74, 6) is 1.80. The summed E-state index contributed by atoms with van der Waals surface area (Å²) in [5, 5.41) is 0. The van der Waals surface area contributed by atoms with E-state index in [1.807, 2.05) is 0 Å². The van der Waals surface area contributed by atoms with Crippen molar-refractivity contribution in [1.82, 2.24) is 9.80 Å². The summed E-state index contributed by atoms with van der Waals surface area (Å²) in [6.07, 6.45) is 23.3. The average Bonchev–Trinajstić information content (AvgIpc) is 2.97. The highest BCUT2D eigenvalue weighted by atomic mass is 16.5. The van der Waals surface area contributed by atoms with Crippen molar-refractivity contribution in [2.75, 3.05) is 40.4 Å². The van der Waals surface area contributed by atoms with Crippen molar-refractivity contribution >= 4 is 0 Å². The Balaban J connectivity index is 1.75. The third kappa shape index (κ3) is 15.9. The summed E-state index contributed by atoms with van der Waals surface area (Å²) in [7, 11) is 4.38. The lowest BCUT2D eigenvalue weighted by Gasteiger charge is -2.29. The molecule has 5 heteroatoms. The normalized spacial score (nSPS) is 18.4. The van der Waals surface area contributed by atoms with Crippen LogP contribution >= 0.6 is 0 Å². The molecule has 2 aliphatic heterocycles. The van der Waals surface area contributed by atoms with Crippen LogP contribution in [0.4, 0.5) is 0 Å². The molecule has 1 aromatic rings. The van der Waals surface area contributed by atoms with Crippen molar-refractivity contribution in [2.45, 2.75) is 142 Å². The minimum atomic E-state index is 0.0301. The van der Waals surface area contributed by atoms with Gasteiger partial charge >= 0.3 is 0 Å². The Morgan fingerprint density at radius 2 is 0.872 bits per heavy atom. The molecule has 0 N–H and O–H groups in total. The van der Waals surface area contributed by atoms with E-state index in [1.165, 1.54) is 103 Å². The summed E-state index contributed by atoms with van der Waals surface area (Å²) < 4.78 is 19.0. The van der Waals surface area contributed by atoms with Crippen LogP contribution in [0, 0.1) is 0 Å². The van der Waals surface area contributed by atoms with Crippen LogP contribution < -0.4 is 9.47 Å². The molecule has 0 aliphatic carbocycles. The zero-order valence-corrected chi connectivity index (χ0v) is 26.1. The van der Waals surface area contributed by atoms with Crippen LogP contribution in [0.15, 0.2) is 24.3 Å². The van der Waals surface area contributed by atoms with E-state index >= 15 is 0 Å². The van der Waals surface area contributed by atoms with E-state index in [2.05, 4.69) is 62.0 Å². The van der Waals surface area contributed by atoms with E-state index in [1.54, 1.807) is 0 Å². The van der Waals surface area contributed by atoms with E-state index in [0.717, 1.165) is 37.4 Å². The molecule has 0 saturated carbocycles. The lowest BCUT2D eigenvalue weighted by Crippen LogP contribution is -2.39. The van der Waals surface area contributed by atoms with Crippen LogP contribution in [-0.4, -0.2) is 62.7 Å². The standard InChI is InChI=1S/C34H62N2O3/c1-5-7-9-11-13-15-17-19-27-35(3)33-25-29-37-30-26-34(39-32-23-21-31(38-33)22-24-32)36(4)28-20-18-16-14-12-10-8-6-2/h21-24,33-34H,5-20,25-30H2,1-4H3. The van der Waals surface area contributed by atoms with Gasteiger partial charge in [0.1, 0.15) is 11.5 Å². The lowest BCUT2D eigenvalue weighted by molar-refractivity contribution is -0.00985. The topological polar surface area (TPSA) is 34.2 Å². The van der Waals surface area contributed by atoms with Crippen LogP contribution in [0.25, 0.3) is 0 Å². The molecule has 2 heterocycles. The van der Waals surface area contributed by atoms with Gasteiger partial charge in [-0.25, -0.2) is 0 Å². The van der Waals surface area contributed by atoms with Crippen LogP contribution in [0.1, 0.15) is 129 Å². The first-order valence-electron chi connectivity index (χ1n) is 16.6. The first kappa shape index (κ1) is 33.9. The van der Waals surface area contributed by atoms with Crippen LogP contribution in [0.5, 0.6) is 11.5 Å². The zero-order valence-electron chi connectivity index (χ0n) is 26.1. The summed E-state index contributed by atoms with van der Waals surface area (Å²) >= 11 is 0. The van der Waals surface area contributed by atoms with Gasteiger partial charge in [-0.05, 0) is 51.2 Å². The van der Waals surface area contributed by atoms with E-state index < -0.39 is 0 Å². The molecule has 2 unspecified atom stereocenters. The van der Waals surface area contributed by atoms with Gasteiger partial charge in [-0.3, -0.25) is 9.80 Å². The molecule has 2 atom stereocenters. The van der Waals surface area contributed by atoms with Crippen LogP contribution in [0.2, 0.25) is 0 Å². The Kier molecular flexibility index (Phi) is 19.5. The second-order valence-electron chi connectivity index (χ2n) is 11.7. The molecule has 226 valence electrons. The molecule has 2 aliphatic rings. The largest absolute Gasteiger partial charge is 0.475 e. The summed E-state index contributed by atoms with van der Waals surface area (Å²) in [6.45, 7) is 8.10. The number of fused-ring (bicyclic) bond motifs is 10. The summed E-state index contributed by atoms with van der Waals surface area (Å²) in [6, 6.07) is 8.23. The number of hydrogen-bond acceptors (Lipinski definition) is 5. The fourth-order valence-electron chi connectivity index (χ4n) is 5.40. The maximum absolute atomic E-state index is 6.43. The summed E-state index contributed by atoms with van der Waals surface area (Å²) in [5.41, 5.74) is 0. The number of unbranched alkanes of at least 4 members (excludes halogenated alkanes) is 14. The molecule has 0 amide bonds. The number of rotatable bonds is 20.